The molecule has 0 unspecified atom stereocenters. The summed E-state index contributed by atoms with van der Waals surface area (Å²) in [5.41, 5.74) is 14.2. The fraction of sp³-hybridized carbons (Fsp3) is 0.143. The molecule has 9 nitrogen and oxygen atoms in total. The van der Waals surface area contributed by atoms with Gasteiger partial charge in [-0.3, -0.25) is 28.8 Å². The van der Waals surface area contributed by atoms with Gasteiger partial charge in [0.15, 0.2) is 42.8 Å². The zero-order valence-electron chi connectivity index (χ0n) is 54.0. The van der Waals surface area contributed by atoms with Crippen molar-refractivity contribution in [2.24, 2.45) is 0 Å². The molecule has 0 atom stereocenters. The molecule has 11 heteroatoms. The van der Waals surface area contributed by atoms with E-state index < -0.39 is 8.07 Å². The van der Waals surface area contributed by atoms with E-state index >= 15 is 0 Å². The largest absolute Gasteiger partial charge is 0.372 e. The van der Waals surface area contributed by atoms with Crippen molar-refractivity contribution in [1.82, 2.24) is 0 Å². The van der Waals surface area contributed by atoms with E-state index in [2.05, 4.69) is 206 Å². The van der Waals surface area contributed by atoms with Gasteiger partial charge >= 0.3 is 0 Å². The van der Waals surface area contributed by atoms with Gasteiger partial charge in [0, 0.05) is 111 Å². The van der Waals surface area contributed by atoms with E-state index in [1.807, 2.05) is 18.2 Å². The molecule has 3 aliphatic rings. The van der Waals surface area contributed by atoms with Crippen LogP contribution < -0.4 is 35.4 Å². The molecular formula is C84H70BrN3O6Si. The van der Waals surface area contributed by atoms with Crippen molar-refractivity contribution in [2.45, 2.75) is 41.5 Å². The van der Waals surface area contributed by atoms with E-state index in [4.69, 9.17) is 0 Å². The quantitative estimate of drug-likeness (QED) is 0.0338. The summed E-state index contributed by atoms with van der Waals surface area (Å²) in [6.45, 7) is 17.4. The van der Waals surface area contributed by atoms with Crippen LogP contribution in [0.3, 0.4) is 0 Å². The number of hydrogen-bond acceptors (Lipinski definition) is 9. The Morgan fingerprint density at radius 1 is 0.284 bits per heavy atom. The smallest absolute Gasteiger partial charge is 0.197 e. The van der Waals surface area contributed by atoms with Crippen LogP contribution in [0.5, 0.6) is 0 Å². The van der Waals surface area contributed by atoms with Crippen molar-refractivity contribution < 1.29 is 28.8 Å². The Balaban J connectivity index is 0.985. The Hall–Kier alpha value is -10.5. The fourth-order valence-electron chi connectivity index (χ4n) is 14.3. The lowest BCUT2D eigenvalue weighted by atomic mass is 9.98. The van der Waals surface area contributed by atoms with Crippen LogP contribution in [-0.4, -0.2) is 82.0 Å². The summed E-state index contributed by atoms with van der Waals surface area (Å²) in [5.74, 6) is -1.62. The second kappa shape index (κ2) is 26.5. The SMILES string of the molecule is CCN(CC)c1ccc(C=C2C(=O)c3ccccc3C2=O)cc1-c1ccc([Si](c2ccc(Br)cc2)(c2ccc(-c3cc(C=C4C(=O)c5ccccc5C4=O)ccc3N(CC)CC)cc2)c2ccc(-c3cc(C=C4C(=O)c5ccccc5C4=O)ccc3N(CC)CC)cc2)cc1. The monoisotopic (exact) mass is 1320 g/mol. The van der Waals surface area contributed by atoms with Gasteiger partial charge in [-0.05, 0) is 162 Å². The van der Waals surface area contributed by atoms with Crippen molar-refractivity contribution >= 4 is 115 Å². The van der Waals surface area contributed by atoms with Gasteiger partial charge in [0.2, 0.25) is 0 Å². The van der Waals surface area contributed by atoms with E-state index in [0.29, 0.717) is 33.4 Å². The maximum Gasteiger partial charge on any atom is 0.197 e. The number of carbonyl (C=O) groups excluding carboxylic acids is 6. The molecular weight excluding hydrogens is 1250 g/mol. The molecule has 0 fully saturated rings. The maximum atomic E-state index is 13.8. The number of nitrogens with zero attached hydrogens (tertiary/aromatic N) is 3. The lowest BCUT2D eigenvalue weighted by Crippen LogP contribution is -2.74. The average Bonchev–Trinajstić information content (AvgIpc) is 1.62. The van der Waals surface area contributed by atoms with Gasteiger partial charge in [0.25, 0.3) is 0 Å². The molecule has 0 amide bonds. The van der Waals surface area contributed by atoms with Crippen LogP contribution in [0, 0.1) is 0 Å². The van der Waals surface area contributed by atoms with Gasteiger partial charge in [-0.15, -0.1) is 0 Å². The number of benzene rings is 10. The molecule has 13 rings (SSSR count). The number of rotatable bonds is 19. The van der Waals surface area contributed by atoms with Crippen LogP contribution in [0.1, 0.15) is 120 Å². The molecule has 0 N–H and O–H groups in total. The minimum atomic E-state index is -3.39. The molecule has 0 aliphatic heterocycles. The van der Waals surface area contributed by atoms with Crippen LogP contribution in [0.2, 0.25) is 0 Å². The number of halogens is 1. The third kappa shape index (κ3) is 11.3. The fourth-order valence-corrected chi connectivity index (χ4v) is 19.2. The summed E-state index contributed by atoms with van der Waals surface area (Å²) in [7, 11) is -3.39. The Morgan fingerprint density at radius 3 is 0.726 bits per heavy atom. The normalized spacial score (nSPS) is 13.3. The van der Waals surface area contributed by atoms with Gasteiger partial charge in [-0.2, -0.15) is 0 Å². The average molecular weight is 1330 g/mol. The Bertz CT molecular complexity index is 4300. The molecule has 0 bridgehead atoms. The number of ketones is 6. The van der Waals surface area contributed by atoms with Crippen molar-refractivity contribution in [3.05, 3.63) is 296 Å². The number of fused-ring (bicyclic) bond motifs is 3. The highest BCUT2D eigenvalue weighted by Crippen LogP contribution is 2.39. The molecule has 3 aliphatic carbocycles. The standard InChI is InChI=1S/C84H70BrN3O6Si/c1-7-86(8-2)76-44-25-53(50-73-79(89)64-19-13-14-20-65(64)80(73)90)47-70(76)56-28-36-60(37-29-56)95(63-42-34-59(85)35-43-63,61-38-30-57(31-39-61)71-48-54(26-45-77(71)87(9-3)10-4)51-74-81(91)66-21-15-16-22-67(66)82(74)92)62-40-32-58(33-41-62)72-49-55(27-46-78(72)88(11-5)12-6)52-75-83(93)68-23-17-18-24-69(68)84(75)94/h13-52H,7-12H2,1-6H3. The van der Waals surface area contributed by atoms with Gasteiger partial charge in [0.1, 0.15) is 0 Å². The highest BCUT2D eigenvalue weighted by molar-refractivity contribution is 9.10. The third-order valence-corrected chi connectivity index (χ3v) is 24.5. The first-order valence-electron chi connectivity index (χ1n) is 32.7. The summed E-state index contributed by atoms with van der Waals surface area (Å²) in [6.07, 6.45) is 5.20. The Kier molecular flexibility index (Phi) is 17.7. The molecule has 0 spiro atoms. The first kappa shape index (κ1) is 63.3. The predicted molar refractivity (Wildman–Crippen MR) is 394 cm³/mol. The van der Waals surface area contributed by atoms with Gasteiger partial charge in [-0.25, -0.2) is 0 Å². The zero-order valence-corrected chi connectivity index (χ0v) is 56.6. The Morgan fingerprint density at radius 2 is 0.505 bits per heavy atom. The molecule has 10 aromatic rings. The second-order valence-electron chi connectivity index (χ2n) is 24.1. The third-order valence-electron chi connectivity index (χ3n) is 19.2. The van der Waals surface area contributed by atoms with Gasteiger partial charge in [0.05, 0.1) is 16.7 Å². The van der Waals surface area contributed by atoms with Crippen molar-refractivity contribution in [1.29, 1.82) is 0 Å². The van der Waals surface area contributed by atoms with Crippen molar-refractivity contribution in [3.8, 4) is 33.4 Å². The molecule has 0 saturated heterocycles. The first-order valence-corrected chi connectivity index (χ1v) is 35.5. The van der Waals surface area contributed by atoms with Crippen LogP contribution in [0.4, 0.5) is 17.1 Å². The molecule has 0 heterocycles. The molecule has 95 heavy (non-hydrogen) atoms. The number of carbonyl (C=O) groups is 6. The predicted octanol–water partition coefficient (Wildman–Crippen LogP) is 15.8. The Labute approximate surface area is 564 Å². The lowest BCUT2D eigenvalue weighted by molar-refractivity contribution is 0.0975. The highest BCUT2D eigenvalue weighted by atomic mass is 79.9. The number of anilines is 3. The van der Waals surface area contributed by atoms with E-state index in [9.17, 15) is 28.8 Å². The molecule has 468 valence electrons. The maximum absolute atomic E-state index is 13.8. The number of allylic oxidation sites excluding steroid dienone is 3. The molecule has 0 aromatic heterocycles. The van der Waals surface area contributed by atoms with E-state index in [-0.39, 0.29) is 51.4 Å². The lowest BCUT2D eigenvalue weighted by Gasteiger charge is -2.35. The first-order chi connectivity index (χ1) is 46.2. The topological polar surface area (TPSA) is 112 Å². The summed E-state index contributed by atoms with van der Waals surface area (Å²) in [6, 6.07) is 75.2. The summed E-state index contributed by atoms with van der Waals surface area (Å²) >= 11 is 3.80. The van der Waals surface area contributed by atoms with Crippen molar-refractivity contribution in [3.63, 3.8) is 0 Å². The zero-order chi connectivity index (χ0) is 66.2. The number of hydrogen-bond donors (Lipinski definition) is 0. The van der Waals surface area contributed by atoms with E-state index in [0.717, 1.165) is 132 Å². The van der Waals surface area contributed by atoms with Crippen LogP contribution in [0.25, 0.3) is 51.6 Å². The van der Waals surface area contributed by atoms with E-state index in [1.54, 1.807) is 91.0 Å². The number of Topliss-reactive ketones (excluding diaryl/α,β-unsaturated/α-hetero) is 6. The van der Waals surface area contributed by atoms with Crippen molar-refractivity contribution in [2.75, 3.05) is 54.0 Å². The van der Waals surface area contributed by atoms with E-state index in [1.165, 1.54) is 0 Å². The van der Waals surface area contributed by atoms with Crippen LogP contribution in [0.15, 0.2) is 246 Å². The minimum absolute atomic E-state index is 0.154. The van der Waals surface area contributed by atoms with Gasteiger partial charge < -0.3 is 14.7 Å². The van der Waals surface area contributed by atoms with Crippen LogP contribution in [-0.2, 0) is 0 Å². The molecule has 0 radical (unpaired) electrons. The van der Waals surface area contributed by atoms with Gasteiger partial charge in [-0.1, -0.05) is 192 Å². The summed E-state index contributed by atoms with van der Waals surface area (Å²) in [4.78, 5) is 89.5. The minimum Gasteiger partial charge on any atom is -0.372 e. The second-order valence-corrected chi connectivity index (χ2v) is 28.8. The summed E-state index contributed by atoms with van der Waals surface area (Å²) in [5, 5.41) is 4.52. The molecule has 0 saturated carbocycles. The summed E-state index contributed by atoms with van der Waals surface area (Å²) < 4.78 is 0.946. The van der Waals surface area contributed by atoms with Crippen LogP contribution >= 0.6 is 15.9 Å². The highest BCUT2D eigenvalue weighted by Gasteiger charge is 2.42. The molecule has 10 aromatic carbocycles.